The molecule has 4 heteroatoms. The predicted molar refractivity (Wildman–Crippen MR) is 83.2 cm³/mol. The Kier molecular flexibility index (Phi) is 5.67. The van der Waals surface area contributed by atoms with Crippen LogP contribution >= 0.6 is 27.3 Å². The van der Waals surface area contributed by atoms with Gasteiger partial charge in [0.15, 0.2) is 0 Å². The number of hydrogen-bond acceptors (Lipinski definition) is 3. The summed E-state index contributed by atoms with van der Waals surface area (Å²) in [5.74, 6) is 0.870. The third-order valence-corrected chi connectivity index (χ3v) is 5.44. The van der Waals surface area contributed by atoms with Crippen molar-refractivity contribution in [3.05, 3.63) is 20.8 Å². The minimum atomic E-state index is 0.763. The molecule has 1 aliphatic heterocycles. The predicted octanol–water partition coefficient (Wildman–Crippen LogP) is 3.72. The summed E-state index contributed by atoms with van der Waals surface area (Å²) in [4.78, 5) is 4.04. The van der Waals surface area contributed by atoms with Crippen LogP contribution in [0.4, 0.5) is 0 Å². The molecule has 2 nitrogen and oxygen atoms in total. The van der Waals surface area contributed by atoms with Crippen molar-refractivity contribution < 1.29 is 0 Å². The number of nitrogens with zero attached hydrogens (tertiary/aromatic N) is 1. The SMILES string of the molecule is CC1CCC(C)N(CCNCc2cc(Br)cs2)C1. The maximum atomic E-state index is 3.55. The molecule has 2 unspecified atom stereocenters. The molecule has 0 aromatic carbocycles. The molecule has 1 N–H and O–H groups in total. The van der Waals surface area contributed by atoms with Crippen molar-refractivity contribution in [2.24, 2.45) is 5.92 Å². The fourth-order valence-corrected chi connectivity index (χ4v) is 3.99. The van der Waals surface area contributed by atoms with Crippen molar-refractivity contribution in [3.63, 3.8) is 0 Å². The van der Waals surface area contributed by atoms with E-state index >= 15 is 0 Å². The summed E-state index contributed by atoms with van der Waals surface area (Å²) in [5, 5.41) is 5.69. The average molecular weight is 331 g/mol. The molecule has 1 fully saturated rings. The van der Waals surface area contributed by atoms with E-state index in [0.29, 0.717) is 0 Å². The summed E-state index contributed by atoms with van der Waals surface area (Å²) in [6.45, 7) is 9.27. The Bertz CT molecular complexity index is 366. The van der Waals surface area contributed by atoms with Crippen molar-refractivity contribution in [3.8, 4) is 0 Å². The van der Waals surface area contributed by atoms with Crippen LogP contribution in [0.1, 0.15) is 31.6 Å². The minimum Gasteiger partial charge on any atom is -0.311 e. The third kappa shape index (κ3) is 4.34. The minimum absolute atomic E-state index is 0.763. The molecule has 1 aromatic heterocycles. The third-order valence-electron chi connectivity index (χ3n) is 3.74. The van der Waals surface area contributed by atoms with Gasteiger partial charge in [-0.15, -0.1) is 11.3 Å². The standard InChI is InChI=1S/C14H23BrN2S/c1-11-3-4-12(2)17(9-11)6-5-16-8-14-7-13(15)10-18-14/h7,10-12,16H,3-6,8-9H2,1-2H3. The number of likely N-dealkylation sites (tertiary alicyclic amines) is 1. The van der Waals surface area contributed by atoms with Gasteiger partial charge in [0.2, 0.25) is 0 Å². The quantitative estimate of drug-likeness (QED) is 0.827. The molecular weight excluding hydrogens is 308 g/mol. The molecule has 2 heterocycles. The summed E-state index contributed by atoms with van der Waals surface area (Å²) < 4.78 is 1.20. The van der Waals surface area contributed by atoms with E-state index in [-0.39, 0.29) is 0 Å². The number of thiophene rings is 1. The van der Waals surface area contributed by atoms with Gasteiger partial charge < -0.3 is 5.32 Å². The fraction of sp³-hybridized carbons (Fsp3) is 0.714. The average Bonchev–Trinajstić information content (AvgIpc) is 2.75. The van der Waals surface area contributed by atoms with Crippen LogP contribution in [-0.2, 0) is 6.54 Å². The lowest BCUT2D eigenvalue weighted by Crippen LogP contribution is -2.44. The lowest BCUT2D eigenvalue weighted by Gasteiger charge is -2.36. The first-order valence-electron chi connectivity index (χ1n) is 6.83. The van der Waals surface area contributed by atoms with Gasteiger partial charge in [0.25, 0.3) is 0 Å². The topological polar surface area (TPSA) is 15.3 Å². The molecule has 2 rings (SSSR count). The number of rotatable bonds is 5. The molecule has 18 heavy (non-hydrogen) atoms. The number of halogens is 1. The van der Waals surface area contributed by atoms with Crippen LogP contribution in [0.2, 0.25) is 0 Å². The normalized spacial score (nSPS) is 25.5. The first-order valence-corrected chi connectivity index (χ1v) is 8.50. The van der Waals surface area contributed by atoms with E-state index in [4.69, 9.17) is 0 Å². The number of hydrogen-bond donors (Lipinski definition) is 1. The zero-order valence-electron chi connectivity index (χ0n) is 11.3. The van der Waals surface area contributed by atoms with E-state index in [9.17, 15) is 0 Å². The van der Waals surface area contributed by atoms with E-state index in [1.807, 2.05) is 11.3 Å². The van der Waals surface area contributed by atoms with Crippen LogP contribution in [-0.4, -0.2) is 30.6 Å². The molecule has 1 aliphatic rings. The molecule has 0 bridgehead atoms. The largest absolute Gasteiger partial charge is 0.311 e. The Labute approximate surface area is 123 Å². The van der Waals surface area contributed by atoms with Gasteiger partial charge in [-0.25, -0.2) is 0 Å². The van der Waals surface area contributed by atoms with Crippen LogP contribution in [0.3, 0.4) is 0 Å². The maximum Gasteiger partial charge on any atom is 0.0300 e. The fourth-order valence-electron chi connectivity index (χ4n) is 2.57. The highest BCUT2D eigenvalue weighted by Gasteiger charge is 2.21. The first kappa shape index (κ1) is 14.5. The van der Waals surface area contributed by atoms with Crippen molar-refractivity contribution in [2.45, 2.75) is 39.3 Å². The van der Waals surface area contributed by atoms with Crippen LogP contribution in [0.5, 0.6) is 0 Å². The van der Waals surface area contributed by atoms with Gasteiger partial charge in [-0.1, -0.05) is 6.92 Å². The molecule has 2 atom stereocenters. The number of nitrogens with one attached hydrogen (secondary N) is 1. The summed E-state index contributed by atoms with van der Waals surface area (Å²) in [6, 6.07) is 2.96. The van der Waals surface area contributed by atoms with Crippen LogP contribution in [0, 0.1) is 5.92 Å². The van der Waals surface area contributed by atoms with E-state index in [1.54, 1.807) is 0 Å². The second-order valence-electron chi connectivity index (χ2n) is 5.43. The highest BCUT2D eigenvalue weighted by atomic mass is 79.9. The monoisotopic (exact) mass is 330 g/mol. The van der Waals surface area contributed by atoms with E-state index in [1.165, 1.54) is 35.3 Å². The van der Waals surface area contributed by atoms with Gasteiger partial charge >= 0.3 is 0 Å². The van der Waals surface area contributed by atoms with Crippen molar-refractivity contribution in [1.29, 1.82) is 0 Å². The smallest absolute Gasteiger partial charge is 0.0300 e. The molecule has 102 valence electrons. The Morgan fingerprint density at radius 2 is 2.28 bits per heavy atom. The van der Waals surface area contributed by atoms with Crippen LogP contribution in [0.15, 0.2) is 15.9 Å². The summed E-state index contributed by atoms with van der Waals surface area (Å²) in [5.41, 5.74) is 0. The molecule has 1 saturated heterocycles. The van der Waals surface area contributed by atoms with Gasteiger partial charge in [-0.05, 0) is 47.7 Å². The second-order valence-corrected chi connectivity index (χ2v) is 7.35. The Balaban J connectivity index is 1.65. The zero-order valence-corrected chi connectivity index (χ0v) is 13.7. The molecular formula is C14H23BrN2S. The second kappa shape index (κ2) is 7.04. The van der Waals surface area contributed by atoms with Crippen LogP contribution in [0.25, 0.3) is 0 Å². The van der Waals surface area contributed by atoms with Crippen molar-refractivity contribution in [2.75, 3.05) is 19.6 Å². The van der Waals surface area contributed by atoms with E-state index in [2.05, 4.69) is 51.4 Å². The highest BCUT2D eigenvalue weighted by molar-refractivity contribution is 9.10. The van der Waals surface area contributed by atoms with Gasteiger partial charge in [0, 0.05) is 47.0 Å². The zero-order chi connectivity index (χ0) is 13.0. The lowest BCUT2D eigenvalue weighted by molar-refractivity contribution is 0.126. The molecule has 0 amide bonds. The van der Waals surface area contributed by atoms with Gasteiger partial charge in [-0.3, -0.25) is 4.90 Å². The molecule has 1 aromatic rings. The maximum absolute atomic E-state index is 3.55. The van der Waals surface area contributed by atoms with Gasteiger partial charge in [0.05, 0.1) is 0 Å². The lowest BCUT2D eigenvalue weighted by atomic mass is 9.95. The van der Waals surface area contributed by atoms with E-state index < -0.39 is 0 Å². The number of piperidine rings is 1. The Morgan fingerprint density at radius 1 is 1.44 bits per heavy atom. The Morgan fingerprint density at radius 3 is 3.00 bits per heavy atom. The van der Waals surface area contributed by atoms with Gasteiger partial charge in [0.1, 0.15) is 0 Å². The summed E-state index contributed by atoms with van der Waals surface area (Å²) in [6.07, 6.45) is 2.76. The van der Waals surface area contributed by atoms with Crippen LogP contribution < -0.4 is 5.32 Å². The molecule has 0 saturated carbocycles. The van der Waals surface area contributed by atoms with E-state index in [0.717, 1.165) is 25.0 Å². The molecule has 0 radical (unpaired) electrons. The summed E-state index contributed by atoms with van der Waals surface area (Å²) in [7, 11) is 0. The highest BCUT2D eigenvalue weighted by Crippen LogP contribution is 2.21. The molecule has 0 spiro atoms. The van der Waals surface area contributed by atoms with Gasteiger partial charge in [-0.2, -0.15) is 0 Å². The molecule has 0 aliphatic carbocycles. The first-order chi connectivity index (χ1) is 8.65. The van der Waals surface area contributed by atoms with Crippen molar-refractivity contribution in [1.82, 2.24) is 10.2 Å². The summed E-state index contributed by atoms with van der Waals surface area (Å²) >= 11 is 5.31. The van der Waals surface area contributed by atoms with Crippen molar-refractivity contribution >= 4 is 27.3 Å². The Hall–Kier alpha value is 0.1000.